The van der Waals surface area contributed by atoms with Crippen molar-refractivity contribution in [3.63, 3.8) is 0 Å². The van der Waals surface area contributed by atoms with Crippen molar-refractivity contribution >= 4 is 11.8 Å². The summed E-state index contributed by atoms with van der Waals surface area (Å²) in [6.07, 6.45) is 2.97. The Morgan fingerprint density at radius 1 is 1.11 bits per heavy atom. The van der Waals surface area contributed by atoms with E-state index in [1.807, 2.05) is 18.2 Å². The lowest BCUT2D eigenvalue weighted by Crippen LogP contribution is -2.42. The van der Waals surface area contributed by atoms with Gasteiger partial charge in [0.2, 0.25) is 11.8 Å². The predicted molar refractivity (Wildman–Crippen MR) is 106 cm³/mol. The summed E-state index contributed by atoms with van der Waals surface area (Å²) in [6, 6.07) is 6.04. The molecule has 28 heavy (non-hydrogen) atoms. The Balaban J connectivity index is 1.58. The minimum Gasteiger partial charge on any atom is -0.490 e. The SMILES string of the molecule is CC(C)[C@@H](NC(=O)CN(C)CC(=O)NC1CC1)c1ccc2c(c1)OCCCO2. The highest BCUT2D eigenvalue weighted by Crippen LogP contribution is 2.34. The number of hydrogen-bond acceptors (Lipinski definition) is 5. The van der Waals surface area contributed by atoms with Gasteiger partial charge in [-0.1, -0.05) is 19.9 Å². The van der Waals surface area contributed by atoms with E-state index in [0.717, 1.165) is 36.3 Å². The van der Waals surface area contributed by atoms with Gasteiger partial charge in [-0.05, 0) is 43.5 Å². The topological polar surface area (TPSA) is 79.9 Å². The van der Waals surface area contributed by atoms with Gasteiger partial charge in [-0.3, -0.25) is 14.5 Å². The molecule has 1 aliphatic carbocycles. The molecule has 0 saturated heterocycles. The fourth-order valence-corrected chi connectivity index (χ4v) is 3.27. The zero-order valence-electron chi connectivity index (χ0n) is 17.0. The van der Waals surface area contributed by atoms with Crippen LogP contribution in [0.2, 0.25) is 0 Å². The lowest BCUT2D eigenvalue weighted by Gasteiger charge is -2.25. The zero-order valence-corrected chi connectivity index (χ0v) is 17.0. The first-order valence-corrected chi connectivity index (χ1v) is 10.1. The molecule has 1 fully saturated rings. The van der Waals surface area contributed by atoms with Crippen molar-refractivity contribution in [1.82, 2.24) is 15.5 Å². The van der Waals surface area contributed by atoms with Crippen molar-refractivity contribution in [3.8, 4) is 11.5 Å². The van der Waals surface area contributed by atoms with Crippen LogP contribution in [0.5, 0.6) is 11.5 Å². The van der Waals surface area contributed by atoms with Crippen LogP contribution in [0.4, 0.5) is 0 Å². The maximum Gasteiger partial charge on any atom is 0.234 e. The highest BCUT2D eigenvalue weighted by Gasteiger charge is 2.25. The quantitative estimate of drug-likeness (QED) is 0.710. The van der Waals surface area contributed by atoms with E-state index in [1.165, 1.54) is 0 Å². The summed E-state index contributed by atoms with van der Waals surface area (Å²) in [5, 5.41) is 6.04. The van der Waals surface area contributed by atoms with Crippen LogP contribution in [0.15, 0.2) is 18.2 Å². The summed E-state index contributed by atoms with van der Waals surface area (Å²) in [5.74, 6) is 1.55. The molecule has 0 unspecified atom stereocenters. The zero-order chi connectivity index (χ0) is 20.1. The number of rotatable bonds is 8. The van der Waals surface area contributed by atoms with E-state index in [-0.39, 0.29) is 36.9 Å². The summed E-state index contributed by atoms with van der Waals surface area (Å²) in [6.45, 7) is 5.81. The summed E-state index contributed by atoms with van der Waals surface area (Å²) < 4.78 is 11.5. The Labute approximate surface area is 166 Å². The van der Waals surface area contributed by atoms with Crippen molar-refractivity contribution in [2.24, 2.45) is 5.92 Å². The molecule has 2 aliphatic rings. The molecule has 1 aliphatic heterocycles. The van der Waals surface area contributed by atoms with Gasteiger partial charge in [0.15, 0.2) is 11.5 Å². The standard InChI is InChI=1S/C21H31N3O4/c1-14(2)21(15-5-8-17-18(11-15)28-10-4-9-27-17)23-20(26)13-24(3)12-19(25)22-16-6-7-16/h5,8,11,14,16,21H,4,6-7,9-10,12-13H2,1-3H3,(H,22,25)(H,23,26)/t21-/m1/s1. The molecule has 0 spiro atoms. The third kappa shape index (κ3) is 5.86. The number of amides is 2. The van der Waals surface area contributed by atoms with Crippen LogP contribution < -0.4 is 20.1 Å². The van der Waals surface area contributed by atoms with Crippen molar-refractivity contribution in [1.29, 1.82) is 0 Å². The van der Waals surface area contributed by atoms with Gasteiger partial charge < -0.3 is 20.1 Å². The van der Waals surface area contributed by atoms with Gasteiger partial charge in [0, 0.05) is 12.5 Å². The van der Waals surface area contributed by atoms with Crippen LogP contribution in [-0.2, 0) is 9.59 Å². The first kappa shape index (κ1) is 20.5. The second kappa shape index (κ2) is 9.28. The molecule has 2 N–H and O–H groups in total. The number of fused-ring (bicyclic) bond motifs is 1. The first-order valence-electron chi connectivity index (χ1n) is 10.1. The summed E-state index contributed by atoms with van der Waals surface area (Å²) in [5.41, 5.74) is 0.988. The maximum absolute atomic E-state index is 12.6. The molecule has 0 radical (unpaired) electrons. The van der Waals surface area contributed by atoms with Crippen LogP contribution in [0.25, 0.3) is 0 Å². The molecule has 1 heterocycles. The van der Waals surface area contributed by atoms with E-state index in [1.54, 1.807) is 11.9 Å². The number of hydrogen-bond donors (Lipinski definition) is 2. The minimum atomic E-state index is -0.140. The second-order valence-corrected chi connectivity index (χ2v) is 8.06. The molecule has 1 aromatic rings. The molecule has 7 nitrogen and oxygen atoms in total. The highest BCUT2D eigenvalue weighted by atomic mass is 16.5. The molecule has 1 aromatic carbocycles. The molecule has 154 valence electrons. The molecule has 1 saturated carbocycles. The van der Waals surface area contributed by atoms with Gasteiger partial charge in [-0.15, -0.1) is 0 Å². The van der Waals surface area contributed by atoms with Gasteiger partial charge in [-0.25, -0.2) is 0 Å². The van der Waals surface area contributed by atoms with Gasteiger partial charge in [-0.2, -0.15) is 0 Å². The number of nitrogens with zero attached hydrogens (tertiary/aromatic N) is 1. The van der Waals surface area contributed by atoms with Crippen molar-refractivity contribution in [2.75, 3.05) is 33.4 Å². The molecule has 3 rings (SSSR count). The largest absolute Gasteiger partial charge is 0.490 e. The van der Waals surface area contributed by atoms with Crippen molar-refractivity contribution in [2.45, 2.75) is 45.2 Å². The molecule has 0 aromatic heterocycles. The molecule has 1 atom stereocenters. The number of benzene rings is 1. The van der Waals surface area contributed by atoms with Crippen LogP contribution in [0, 0.1) is 5.92 Å². The van der Waals surface area contributed by atoms with Crippen LogP contribution in [0.3, 0.4) is 0 Å². The third-order valence-corrected chi connectivity index (χ3v) is 4.88. The van der Waals surface area contributed by atoms with E-state index in [0.29, 0.717) is 19.3 Å². The number of ether oxygens (including phenoxy) is 2. The van der Waals surface area contributed by atoms with Gasteiger partial charge in [0.1, 0.15) is 0 Å². The predicted octanol–water partition coefficient (Wildman–Crippen LogP) is 1.87. The van der Waals surface area contributed by atoms with Crippen LogP contribution >= 0.6 is 0 Å². The van der Waals surface area contributed by atoms with E-state index < -0.39 is 0 Å². The molecular weight excluding hydrogens is 358 g/mol. The van der Waals surface area contributed by atoms with Gasteiger partial charge in [0.25, 0.3) is 0 Å². The number of carbonyl (C=O) groups is 2. The molecular formula is C21H31N3O4. The van der Waals surface area contributed by atoms with E-state index in [9.17, 15) is 9.59 Å². The third-order valence-electron chi connectivity index (χ3n) is 4.88. The smallest absolute Gasteiger partial charge is 0.234 e. The average Bonchev–Trinajstić information content (AvgIpc) is 3.45. The van der Waals surface area contributed by atoms with Crippen LogP contribution in [0.1, 0.15) is 44.7 Å². The fraction of sp³-hybridized carbons (Fsp3) is 0.619. The molecule has 2 amide bonds. The summed E-state index contributed by atoms with van der Waals surface area (Å²) >= 11 is 0. The Morgan fingerprint density at radius 3 is 2.46 bits per heavy atom. The lowest BCUT2D eigenvalue weighted by atomic mass is 9.95. The maximum atomic E-state index is 12.6. The Hall–Kier alpha value is -2.28. The summed E-state index contributed by atoms with van der Waals surface area (Å²) in [4.78, 5) is 26.2. The Kier molecular flexibility index (Phi) is 6.78. The van der Waals surface area contributed by atoms with E-state index >= 15 is 0 Å². The lowest BCUT2D eigenvalue weighted by molar-refractivity contribution is -0.125. The average molecular weight is 389 g/mol. The number of nitrogens with one attached hydrogen (secondary N) is 2. The Morgan fingerprint density at radius 2 is 1.79 bits per heavy atom. The van der Waals surface area contributed by atoms with E-state index in [4.69, 9.17) is 9.47 Å². The number of carbonyl (C=O) groups excluding carboxylic acids is 2. The highest BCUT2D eigenvalue weighted by molar-refractivity contribution is 5.81. The molecule has 7 heteroatoms. The Bertz CT molecular complexity index is 703. The van der Waals surface area contributed by atoms with Crippen molar-refractivity contribution in [3.05, 3.63) is 23.8 Å². The van der Waals surface area contributed by atoms with Crippen LogP contribution in [-0.4, -0.2) is 56.1 Å². The first-order chi connectivity index (χ1) is 13.4. The number of likely N-dealkylation sites (N-methyl/N-ethyl adjacent to an activating group) is 1. The fourth-order valence-electron chi connectivity index (χ4n) is 3.27. The minimum absolute atomic E-state index is 0.0267. The van der Waals surface area contributed by atoms with Gasteiger partial charge >= 0.3 is 0 Å². The monoisotopic (exact) mass is 389 g/mol. The van der Waals surface area contributed by atoms with Crippen molar-refractivity contribution < 1.29 is 19.1 Å². The van der Waals surface area contributed by atoms with E-state index in [2.05, 4.69) is 24.5 Å². The second-order valence-electron chi connectivity index (χ2n) is 8.06. The van der Waals surface area contributed by atoms with Gasteiger partial charge in [0.05, 0.1) is 32.3 Å². The molecule has 0 bridgehead atoms. The summed E-state index contributed by atoms with van der Waals surface area (Å²) in [7, 11) is 1.78. The normalized spacial score (nSPS) is 17.2.